The van der Waals surface area contributed by atoms with Crippen LogP contribution in [0.3, 0.4) is 0 Å². The van der Waals surface area contributed by atoms with Crippen molar-refractivity contribution in [1.82, 2.24) is 4.90 Å². The number of likely N-dealkylation sites (N-methyl/N-ethyl adjacent to an activating group) is 1. The van der Waals surface area contributed by atoms with Crippen LogP contribution in [0.5, 0.6) is 0 Å². The lowest BCUT2D eigenvalue weighted by molar-refractivity contribution is -0.125. The molecule has 2 atom stereocenters. The Balaban J connectivity index is 2.79. The van der Waals surface area contributed by atoms with E-state index in [-0.39, 0.29) is 18.0 Å². The minimum Gasteiger partial charge on any atom is -0.336 e. The van der Waals surface area contributed by atoms with Gasteiger partial charge in [-0.05, 0) is 13.8 Å². The molecule has 3 nitrogen and oxygen atoms in total. The number of hydrogen-bond donors (Lipinski definition) is 0. The maximum Gasteiger partial charge on any atom is 0.264 e. The summed E-state index contributed by atoms with van der Waals surface area (Å²) in [5.41, 5.74) is 0. The summed E-state index contributed by atoms with van der Waals surface area (Å²) in [6, 6.07) is 0.472. The number of nitrogens with zero attached hydrogens (tertiary/aromatic N) is 2. The highest BCUT2D eigenvalue weighted by atomic mass is 16.2. The van der Waals surface area contributed by atoms with E-state index in [0.717, 1.165) is 0 Å². The maximum atomic E-state index is 10.9. The third kappa shape index (κ3) is 1.03. The van der Waals surface area contributed by atoms with Gasteiger partial charge in [-0.1, -0.05) is 0 Å². The van der Waals surface area contributed by atoms with Crippen LogP contribution in [0.4, 0.5) is 0 Å². The smallest absolute Gasteiger partial charge is 0.264 e. The molecule has 2 unspecified atom stereocenters. The van der Waals surface area contributed by atoms with Crippen molar-refractivity contribution in [3.63, 3.8) is 0 Å². The first-order chi connectivity index (χ1) is 4.63. The van der Waals surface area contributed by atoms with Crippen LogP contribution < -0.4 is 0 Å². The summed E-state index contributed by atoms with van der Waals surface area (Å²) in [5, 5.41) is 0. The van der Waals surface area contributed by atoms with E-state index in [1.165, 1.54) is 6.21 Å². The molecule has 56 valence electrons. The third-order valence-corrected chi connectivity index (χ3v) is 2.08. The SMILES string of the molecule is CC1N=CC(=O)N(C)C1C. The molecule has 0 spiro atoms. The summed E-state index contributed by atoms with van der Waals surface area (Å²) in [6.45, 7) is 4.00. The maximum absolute atomic E-state index is 10.9. The second-order valence-electron chi connectivity index (χ2n) is 2.71. The van der Waals surface area contributed by atoms with Gasteiger partial charge in [-0.2, -0.15) is 0 Å². The molecule has 3 heteroatoms. The molecule has 1 aliphatic rings. The monoisotopic (exact) mass is 140 g/mol. The average molecular weight is 140 g/mol. The van der Waals surface area contributed by atoms with Gasteiger partial charge in [0.1, 0.15) is 0 Å². The summed E-state index contributed by atoms with van der Waals surface area (Å²) in [7, 11) is 1.80. The Morgan fingerprint density at radius 1 is 1.60 bits per heavy atom. The number of rotatable bonds is 0. The Hall–Kier alpha value is -0.860. The molecule has 0 saturated carbocycles. The first-order valence-corrected chi connectivity index (χ1v) is 3.43. The van der Waals surface area contributed by atoms with Crippen molar-refractivity contribution in [2.75, 3.05) is 7.05 Å². The summed E-state index contributed by atoms with van der Waals surface area (Å²) in [4.78, 5) is 16.7. The van der Waals surface area contributed by atoms with Crippen LogP contribution in [0, 0.1) is 0 Å². The second kappa shape index (κ2) is 2.40. The quantitative estimate of drug-likeness (QED) is 0.476. The molecule has 0 aromatic carbocycles. The molecule has 0 radical (unpaired) electrons. The second-order valence-corrected chi connectivity index (χ2v) is 2.71. The van der Waals surface area contributed by atoms with Gasteiger partial charge >= 0.3 is 0 Å². The van der Waals surface area contributed by atoms with Crippen LogP contribution in [-0.2, 0) is 4.79 Å². The molecule has 0 aromatic heterocycles. The molecular formula is C7H12N2O. The van der Waals surface area contributed by atoms with Gasteiger partial charge in [0.25, 0.3) is 5.91 Å². The lowest BCUT2D eigenvalue weighted by atomic mass is 10.1. The van der Waals surface area contributed by atoms with E-state index in [9.17, 15) is 4.79 Å². The summed E-state index contributed by atoms with van der Waals surface area (Å²) in [6.07, 6.45) is 1.39. The largest absolute Gasteiger partial charge is 0.336 e. The van der Waals surface area contributed by atoms with Crippen LogP contribution in [0.15, 0.2) is 4.99 Å². The predicted octanol–water partition coefficient (Wildman–Crippen LogP) is 0.306. The van der Waals surface area contributed by atoms with Crippen molar-refractivity contribution >= 4 is 12.1 Å². The van der Waals surface area contributed by atoms with Crippen molar-refractivity contribution in [3.8, 4) is 0 Å². The topological polar surface area (TPSA) is 32.7 Å². The minimum absolute atomic E-state index is 0.00519. The van der Waals surface area contributed by atoms with Gasteiger partial charge < -0.3 is 4.90 Å². The lowest BCUT2D eigenvalue weighted by Crippen LogP contribution is -2.45. The van der Waals surface area contributed by atoms with Gasteiger partial charge in [-0.25, -0.2) is 0 Å². The number of hydrogen-bond acceptors (Lipinski definition) is 2. The fraction of sp³-hybridized carbons (Fsp3) is 0.714. The summed E-state index contributed by atoms with van der Waals surface area (Å²) in [5.74, 6) is 0.00519. The molecule has 1 amide bonds. The highest BCUT2D eigenvalue weighted by molar-refractivity contribution is 6.26. The molecule has 0 N–H and O–H groups in total. The van der Waals surface area contributed by atoms with Crippen molar-refractivity contribution in [1.29, 1.82) is 0 Å². The Morgan fingerprint density at radius 2 is 2.20 bits per heavy atom. The lowest BCUT2D eigenvalue weighted by Gasteiger charge is -2.29. The molecule has 0 fully saturated rings. The standard InChI is InChI=1S/C7H12N2O/c1-5-6(2)9(3)7(10)4-8-5/h4-6H,1-3H3. The molecular weight excluding hydrogens is 128 g/mol. The number of carbonyl (C=O) groups is 1. The molecule has 1 heterocycles. The zero-order chi connectivity index (χ0) is 7.72. The number of aliphatic imine (C=N–C) groups is 1. The van der Waals surface area contributed by atoms with Crippen molar-refractivity contribution < 1.29 is 4.79 Å². The number of amides is 1. The molecule has 0 bridgehead atoms. The average Bonchev–Trinajstić information content (AvgIpc) is 1.93. The fourth-order valence-corrected chi connectivity index (χ4v) is 0.921. The van der Waals surface area contributed by atoms with E-state index >= 15 is 0 Å². The molecule has 1 aliphatic heterocycles. The highest BCUT2D eigenvalue weighted by Gasteiger charge is 2.23. The Bertz CT molecular complexity index is 176. The highest BCUT2D eigenvalue weighted by Crippen LogP contribution is 2.08. The van der Waals surface area contributed by atoms with E-state index in [4.69, 9.17) is 0 Å². The molecule has 1 rings (SSSR count). The first-order valence-electron chi connectivity index (χ1n) is 3.43. The zero-order valence-electron chi connectivity index (χ0n) is 6.53. The number of carbonyl (C=O) groups excluding carboxylic acids is 1. The van der Waals surface area contributed by atoms with E-state index < -0.39 is 0 Å². The van der Waals surface area contributed by atoms with Crippen LogP contribution in [0.2, 0.25) is 0 Å². The zero-order valence-corrected chi connectivity index (χ0v) is 6.53. The fourth-order valence-electron chi connectivity index (χ4n) is 0.921. The van der Waals surface area contributed by atoms with Gasteiger partial charge in [0, 0.05) is 7.05 Å². The van der Waals surface area contributed by atoms with E-state index in [1.54, 1.807) is 11.9 Å². The van der Waals surface area contributed by atoms with Gasteiger partial charge in [0.2, 0.25) is 0 Å². The summed E-state index contributed by atoms with van der Waals surface area (Å²) >= 11 is 0. The van der Waals surface area contributed by atoms with E-state index in [2.05, 4.69) is 4.99 Å². The van der Waals surface area contributed by atoms with Crippen molar-refractivity contribution in [3.05, 3.63) is 0 Å². The minimum atomic E-state index is 0.00519. The normalized spacial score (nSPS) is 33.1. The first kappa shape index (κ1) is 7.25. The third-order valence-electron chi connectivity index (χ3n) is 2.08. The summed E-state index contributed by atoms with van der Waals surface area (Å²) < 4.78 is 0. The molecule has 0 aromatic rings. The molecule has 0 saturated heterocycles. The Labute approximate surface area is 60.7 Å². The van der Waals surface area contributed by atoms with Crippen molar-refractivity contribution in [2.24, 2.45) is 4.99 Å². The van der Waals surface area contributed by atoms with Crippen LogP contribution in [0.1, 0.15) is 13.8 Å². The van der Waals surface area contributed by atoms with E-state index in [0.29, 0.717) is 0 Å². The molecule has 10 heavy (non-hydrogen) atoms. The molecule has 0 aliphatic carbocycles. The van der Waals surface area contributed by atoms with Crippen LogP contribution >= 0.6 is 0 Å². The van der Waals surface area contributed by atoms with Gasteiger partial charge in [-0.15, -0.1) is 0 Å². The van der Waals surface area contributed by atoms with Crippen LogP contribution in [0.25, 0.3) is 0 Å². The van der Waals surface area contributed by atoms with E-state index in [1.807, 2.05) is 13.8 Å². The van der Waals surface area contributed by atoms with Gasteiger partial charge in [0.15, 0.2) is 0 Å². The Kier molecular flexibility index (Phi) is 1.74. The predicted molar refractivity (Wildman–Crippen MR) is 40.2 cm³/mol. The van der Waals surface area contributed by atoms with Gasteiger partial charge in [0.05, 0.1) is 18.3 Å². The Morgan fingerprint density at radius 3 is 2.70 bits per heavy atom. The van der Waals surface area contributed by atoms with Crippen molar-refractivity contribution in [2.45, 2.75) is 25.9 Å². The van der Waals surface area contributed by atoms with Gasteiger partial charge in [-0.3, -0.25) is 9.79 Å². The van der Waals surface area contributed by atoms with Crippen LogP contribution in [-0.4, -0.2) is 36.2 Å².